The van der Waals surface area contributed by atoms with Crippen molar-refractivity contribution < 1.29 is 0 Å². The number of alkyl halides is 1. The van der Waals surface area contributed by atoms with Gasteiger partial charge in [0.2, 0.25) is 0 Å². The van der Waals surface area contributed by atoms with E-state index in [1.165, 1.54) is 0 Å². The Morgan fingerprint density at radius 2 is 2.20 bits per heavy atom. The number of hydrogen-bond acceptors (Lipinski definition) is 0. The summed E-state index contributed by atoms with van der Waals surface area (Å²) in [5.41, 5.74) is 0. The number of allylic oxidation sites excluding steroid dienone is 1. The molecule has 0 spiro atoms. The molecule has 28 valence electrons. The monoisotopic (exact) mass is 376 g/mol. The Kier molecular flexibility index (Phi) is 4.57. The van der Waals surface area contributed by atoms with E-state index in [1.807, 2.05) is 6.08 Å². The van der Waals surface area contributed by atoms with Gasteiger partial charge in [0.25, 0.3) is 0 Å². The molecule has 0 aromatic rings. The normalized spacial score (nSPS) is 14.0. The maximum absolute atomic E-state index is 3.59. The standard InChI is InChI=1S/C3H4I.Pb.H/c1-2-3-4;;/h2-3H,1H2;;. The molecule has 2 heteroatoms. The van der Waals surface area contributed by atoms with Crippen LogP contribution < -0.4 is 0 Å². The maximum atomic E-state index is 3.59. The van der Waals surface area contributed by atoms with Crippen molar-refractivity contribution in [2.75, 3.05) is 0 Å². The molecule has 0 nitrogen and oxygen atoms in total. The van der Waals surface area contributed by atoms with E-state index in [0.717, 1.165) is 27.3 Å². The van der Waals surface area contributed by atoms with Crippen LogP contribution in [0.1, 0.15) is 0 Å². The first-order valence-corrected chi connectivity index (χ1v) is 5.13. The van der Waals surface area contributed by atoms with Gasteiger partial charge in [0.1, 0.15) is 0 Å². The Morgan fingerprint density at radius 1 is 2.00 bits per heavy atom. The van der Waals surface area contributed by atoms with E-state index in [0.29, 0.717) is 0 Å². The Morgan fingerprint density at radius 3 is 2.20 bits per heavy atom. The van der Waals surface area contributed by atoms with Gasteiger partial charge >= 0.3 is 62.5 Å². The van der Waals surface area contributed by atoms with Gasteiger partial charge in [-0.2, -0.15) is 0 Å². The van der Waals surface area contributed by atoms with Crippen LogP contribution in [0.25, 0.3) is 0 Å². The van der Waals surface area contributed by atoms with Crippen LogP contribution in [0.5, 0.6) is 0 Å². The van der Waals surface area contributed by atoms with Gasteiger partial charge in [-0.3, -0.25) is 0 Å². The van der Waals surface area contributed by atoms with Gasteiger partial charge in [0.05, 0.1) is 0 Å². The number of rotatable bonds is 1. The number of hydrogen-bond donors (Lipinski definition) is 0. The average molecular weight is 375 g/mol. The first kappa shape index (κ1) is 6.39. The van der Waals surface area contributed by atoms with Crippen LogP contribution in [0.15, 0.2) is 12.7 Å². The van der Waals surface area contributed by atoms with Gasteiger partial charge in [-0.25, -0.2) is 0 Å². The second-order valence-electron chi connectivity index (χ2n) is 0.680. The van der Waals surface area contributed by atoms with Gasteiger partial charge in [0.15, 0.2) is 0 Å². The quantitative estimate of drug-likeness (QED) is 0.276. The SMILES string of the molecule is C=C[CH](I)[PbH]. The van der Waals surface area contributed by atoms with E-state index in [1.54, 1.807) is 0 Å². The summed E-state index contributed by atoms with van der Waals surface area (Å²) in [6.45, 7) is 3.59. The first-order chi connectivity index (χ1) is 2.27. The molecule has 1 unspecified atom stereocenters. The van der Waals surface area contributed by atoms with Crippen molar-refractivity contribution in [2.24, 2.45) is 0 Å². The summed E-state index contributed by atoms with van der Waals surface area (Å²) in [7, 11) is 0. The molecule has 0 saturated heterocycles. The van der Waals surface area contributed by atoms with Crippen LogP contribution in [0, 0.1) is 0 Å². The van der Waals surface area contributed by atoms with Crippen LogP contribution in [0.2, 0.25) is 0 Å². The number of halogens is 1. The summed E-state index contributed by atoms with van der Waals surface area (Å²) < 4.78 is 0.785. The molecule has 0 amide bonds. The van der Waals surface area contributed by atoms with Crippen LogP contribution in [0.3, 0.4) is 0 Å². The van der Waals surface area contributed by atoms with E-state index >= 15 is 0 Å². The van der Waals surface area contributed by atoms with Crippen molar-refractivity contribution in [2.45, 2.75) is 1.48 Å². The zero-order valence-electron chi connectivity index (χ0n) is 2.82. The zero-order valence-corrected chi connectivity index (χ0v) is 9.46. The Hall–Kier alpha value is 1.39. The molecule has 0 bridgehead atoms. The van der Waals surface area contributed by atoms with E-state index in [9.17, 15) is 0 Å². The second-order valence-corrected chi connectivity index (χ2v) is 10.2. The molecule has 0 rings (SSSR count). The molecule has 0 aromatic heterocycles. The van der Waals surface area contributed by atoms with Crippen molar-refractivity contribution in [1.82, 2.24) is 0 Å². The predicted molar refractivity (Wildman–Crippen MR) is 35.2 cm³/mol. The molecule has 0 fully saturated rings. The minimum absolute atomic E-state index is 0.785. The fraction of sp³-hybridized carbons (Fsp3) is 0.333. The predicted octanol–water partition coefficient (Wildman–Crippen LogP) is 0.834. The molecule has 0 aromatic carbocycles. The molecule has 2 radical (unpaired) electrons. The zero-order chi connectivity index (χ0) is 4.28. The van der Waals surface area contributed by atoms with Crippen LogP contribution >= 0.6 is 22.6 Å². The molecule has 0 aliphatic rings. The summed E-state index contributed by atoms with van der Waals surface area (Å²) in [6.07, 6.45) is 1.98. The Balaban J connectivity index is 2.83. The second kappa shape index (κ2) is 3.58. The van der Waals surface area contributed by atoms with E-state index in [4.69, 9.17) is 0 Å². The molecule has 0 heterocycles. The van der Waals surface area contributed by atoms with E-state index in [2.05, 4.69) is 29.2 Å². The van der Waals surface area contributed by atoms with Crippen molar-refractivity contribution in [3.63, 3.8) is 0 Å². The van der Waals surface area contributed by atoms with E-state index < -0.39 is 0 Å². The summed E-state index contributed by atoms with van der Waals surface area (Å²) in [6, 6.07) is 0. The molecule has 0 aliphatic heterocycles. The molecule has 0 saturated carbocycles. The summed E-state index contributed by atoms with van der Waals surface area (Å²) in [5, 5.41) is 0. The fourth-order valence-electron chi connectivity index (χ4n) is 0. The van der Waals surface area contributed by atoms with Gasteiger partial charge in [-0.15, -0.1) is 0 Å². The topological polar surface area (TPSA) is 0 Å². The average Bonchev–Trinajstić information content (AvgIpc) is 1.38. The third-order valence-corrected chi connectivity index (χ3v) is 1.79. The molecule has 0 N–H and O–H groups in total. The van der Waals surface area contributed by atoms with E-state index in [-0.39, 0.29) is 0 Å². The van der Waals surface area contributed by atoms with Crippen molar-refractivity contribution in [3.05, 3.63) is 12.7 Å². The molecule has 1 atom stereocenters. The van der Waals surface area contributed by atoms with Gasteiger partial charge in [-0.1, -0.05) is 0 Å². The van der Waals surface area contributed by atoms with Crippen molar-refractivity contribution in [3.8, 4) is 0 Å². The summed E-state index contributed by atoms with van der Waals surface area (Å²) in [5.74, 6) is 0. The van der Waals surface area contributed by atoms with Crippen LogP contribution in [-0.2, 0) is 0 Å². The van der Waals surface area contributed by atoms with Gasteiger partial charge < -0.3 is 0 Å². The van der Waals surface area contributed by atoms with Gasteiger partial charge in [-0.05, 0) is 0 Å². The van der Waals surface area contributed by atoms with Gasteiger partial charge in [0, 0.05) is 0 Å². The molecular weight excluding hydrogens is 370 g/mol. The third kappa shape index (κ3) is 5.39. The van der Waals surface area contributed by atoms with Crippen molar-refractivity contribution >= 4 is 48.4 Å². The third-order valence-electron chi connectivity index (χ3n) is 0.225. The first-order valence-electron chi connectivity index (χ1n) is 1.29. The molecular formula is C3H5IPb. The van der Waals surface area contributed by atoms with Crippen LogP contribution in [-0.4, -0.2) is 27.3 Å². The Bertz CT molecular complexity index is 33.9. The summed E-state index contributed by atoms with van der Waals surface area (Å²) in [4.78, 5) is 0. The van der Waals surface area contributed by atoms with Crippen molar-refractivity contribution in [1.29, 1.82) is 0 Å². The summed E-state index contributed by atoms with van der Waals surface area (Å²) >= 11 is 3.43. The minimum atomic E-state index is 0.785. The molecule has 5 heavy (non-hydrogen) atoms. The molecule has 0 aliphatic carbocycles. The van der Waals surface area contributed by atoms with Crippen LogP contribution in [0.4, 0.5) is 0 Å². The Labute approximate surface area is 61.8 Å². The fourth-order valence-corrected chi connectivity index (χ4v) is 0.